The summed E-state index contributed by atoms with van der Waals surface area (Å²) in [5, 5.41) is 5.96. The van der Waals surface area contributed by atoms with E-state index < -0.39 is 0 Å². The van der Waals surface area contributed by atoms with Crippen LogP contribution in [0.3, 0.4) is 0 Å². The van der Waals surface area contributed by atoms with Gasteiger partial charge in [0.05, 0.1) is 6.61 Å². The molecule has 1 rings (SSSR count). The van der Waals surface area contributed by atoms with Crippen LogP contribution in [0.25, 0.3) is 0 Å². The van der Waals surface area contributed by atoms with Crippen molar-refractivity contribution in [2.75, 3.05) is 25.5 Å². The van der Waals surface area contributed by atoms with Gasteiger partial charge in [0.25, 0.3) is 0 Å². The minimum atomic E-state index is 0.0561. The van der Waals surface area contributed by atoms with E-state index in [1.165, 1.54) is 0 Å². The number of hydrogen-bond donors (Lipinski definition) is 2. The number of carbonyl (C=O) groups excluding carboxylic acids is 1. The molecule has 19 heavy (non-hydrogen) atoms. The number of anilines is 1. The van der Waals surface area contributed by atoms with Crippen LogP contribution in [0, 0.1) is 6.92 Å². The minimum absolute atomic E-state index is 0.0561. The van der Waals surface area contributed by atoms with E-state index in [0.29, 0.717) is 6.42 Å². The van der Waals surface area contributed by atoms with Gasteiger partial charge in [-0.3, -0.25) is 4.79 Å². The normalized spacial score (nSPS) is 10.3. The van der Waals surface area contributed by atoms with E-state index in [0.717, 1.165) is 43.0 Å². The molecule has 1 amide bonds. The van der Waals surface area contributed by atoms with Crippen molar-refractivity contribution in [3.8, 4) is 5.75 Å². The Hall–Kier alpha value is -1.55. The fraction of sp³-hybridized carbons (Fsp3) is 0.533. The van der Waals surface area contributed by atoms with Crippen LogP contribution >= 0.6 is 0 Å². The summed E-state index contributed by atoms with van der Waals surface area (Å²) < 4.78 is 5.55. The third-order valence-electron chi connectivity index (χ3n) is 2.78. The molecule has 1 aromatic carbocycles. The Morgan fingerprint density at radius 1 is 1.37 bits per heavy atom. The molecule has 0 radical (unpaired) electrons. The third-order valence-corrected chi connectivity index (χ3v) is 2.78. The summed E-state index contributed by atoms with van der Waals surface area (Å²) in [5.74, 6) is 0.910. The van der Waals surface area contributed by atoms with Crippen molar-refractivity contribution >= 4 is 11.6 Å². The van der Waals surface area contributed by atoms with Crippen LogP contribution in [0.2, 0.25) is 0 Å². The highest BCUT2D eigenvalue weighted by atomic mass is 16.5. The highest BCUT2D eigenvalue weighted by Gasteiger charge is 2.05. The SMILES string of the molecule is CCCOc1ccc(NC(=O)CCCNC)c(C)c1. The first-order valence-electron chi connectivity index (χ1n) is 6.85. The van der Waals surface area contributed by atoms with Gasteiger partial charge in [0.2, 0.25) is 5.91 Å². The molecule has 0 spiro atoms. The first-order chi connectivity index (χ1) is 9.17. The Labute approximate surface area is 115 Å². The Morgan fingerprint density at radius 3 is 2.79 bits per heavy atom. The molecule has 0 unspecified atom stereocenters. The summed E-state index contributed by atoms with van der Waals surface area (Å²) in [7, 11) is 1.89. The topological polar surface area (TPSA) is 50.4 Å². The van der Waals surface area contributed by atoms with E-state index in [2.05, 4.69) is 17.6 Å². The van der Waals surface area contributed by atoms with Gasteiger partial charge in [0, 0.05) is 12.1 Å². The van der Waals surface area contributed by atoms with E-state index in [1.807, 2.05) is 32.2 Å². The molecule has 106 valence electrons. The average molecular weight is 264 g/mol. The summed E-state index contributed by atoms with van der Waals surface area (Å²) in [6, 6.07) is 5.75. The molecule has 0 aliphatic heterocycles. The monoisotopic (exact) mass is 264 g/mol. The molecule has 0 heterocycles. The molecular formula is C15H24N2O2. The molecule has 0 aliphatic carbocycles. The largest absolute Gasteiger partial charge is 0.494 e. The lowest BCUT2D eigenvalue weighted by Gasteiger charge is -2.11. The lowest BCUT2D eigenvalue weighted by atomic mass is 10.2. The predicted octanol–water partition coefficient (Wildman–Crippen LogP) is 2.72. The highest BCUT2D eigenvalue weighted by molar-refractivity contribution is 5.91. The Balaban J connectivity index is 2.52. The van der Waals surface area contributed by atoms with Gasteiger partial charge in [-0.1, -0.05) is 6.92 Å². The van der Waals surface area contributed by atoms with Gasteiger partial charge in [-0.05, 0) is 57.1 Å². The van der Waals surface area contributed by atoms with E-state index in [4.69, 9.17) is 4.74 Å². The van der Waals surface area contributed by atoms with Crippen molar-refractivity contribution in [3.63, 3.8) is 0 Å². The summed E-state index contributed by atoms with van der Waals surface area (Å²) in [6.07, 6.45) is 2.37. The molecule has 4 heteroatoms. The van der Waals surface area contributed by atoms with Gasteiger partial charge in [-0.25, -0.2) is 0 Å². The van der Waals surface area contributed by atoms with Crippen LogP contribution in [-0.4, -0.2) is 26.1 Å². The second-order valence-electron chi connectivity index (χ2n) is 4.58. The second kappa shape index (κ2) is 8.53. The molecule has 0 aromatic heterocycles. The summed E-state index contributed by atoms with van der Waals surface area (Å²) in [5.41, 5.74) is 1.88. The number of ether oxygens (including phenoxy) is 1. The van der Waals surface area contributed by atoms with Gasteiger partial charge in [-0.15, -0.1) is 0 Å². The molecule has 0 atom stereocenters. The third kappa shape index (κ3) is 5.75. The van der Waals surface area contributed by atoms with Gasteiger partial charge in [0.15, 0.2) is 0 Å². The molecule has 0 saturated heterocycles. The maximum atomic E-state index is 11.7. The maximum absolute atomic E-state index is 11.7. The zero-order valence-corrected chi connectivity index (χ0v) is 12.1. The lowest BCUT2D eigenvalue weighted by Crippen LogP contribution is -2.15. The molecular weight excluding hydrogens is 240 g/mol. The molecule has 0 aliphatic rings. The van der Waals surface area contributed by atoms with Gasteiger partial charge in [-0.2, -0.15) is 0 Å². The quantitative estimate of drug-likeness (QED) is 0.710. The Morgan fingerprint density at radius 2 is 2.16 bits per heavy atom. The van der Waals surface area contributed by atoms with Crippen LogP contribution < -0.4 is 15.4 Å². The summed E-state index contributed by atoms with van der Waals surface area (Å²) >= 11 is 0. The van der Waals surface area contributed by atoms with Crippen molar-refractivity contribution in [2.24, 2.45) is 0 Å². The van der Waals surface area contributed by atoms with E-state index in [-0.39, 0.29) is 5.91 Å². The molecule has 0 bridgehead atoms. The summed E-state index contributed by atoms with van der Waals surface area (Å²) in [4.78, 5) is 11.7. The molecule has 1 aromatic rings. The van der Waals surface area contributed by atoms with Crippen molar-refractivity contribution in [2.45, 2.75) is 33.1 Å². The standard InChI is InChI=1S/C15H24N2O2/c1-4-10-19-13-7-8-14(12(2)11-13)17-15(18)6-5-9-16-3/h7-8,11,16H,4-6,9-10H2,1-3H3,(H,17,18). The summed E-state index contributed by atoms with van der Waals surface area (Å²) in [6.45, 7) is 5.62. The molecule has 0 saturated carbocycles. The number of hydrogen-bond acceptors (Lipinski definition) is 3. The van der Waals surface area contributed by atoms with Crippen molar-refractivity contribution in [1.82, 2.24) is 5.32 Å². The zero-order valence-electron chi connectivity index (χ0n) is 12.1. The molecule has 4 nitrogen and oxygen atoms in total. The number of nitrogens with one attached hydrogen (secondary N) is 2. The van der Waals surface area contributed by atoms with E-state index in [9.17, 15) is 4.79 Å². The average Bonchev–Trinajstić information content (AvgIpc) is 2.39. The van der Waals surface area contributed by atoms with Crippen molar-refractivity contribution < 1.29 is 9.53 Å². The highest BCUT2D eigenvalue weighted by Crippen LogP contribution is 2.21. The van der Waals surface area contributed by atoms with Gasteiger partial charge >= 0.3 is 0 Å². The van der Waals surface area contributed by atoms with Gasteiger partial charge < -0.3 is 15.4 Å². The molecule has 2 N–H and O–H groups in total. The lowest BCUT2D eigenvalue weighted by molar-refractivity contribution is -0.116. The maximum Gasteiger partial charge on any atom is 0.224 e. The van der Waals surface area contributed by atoms with Crippen molar-refractivity contribution in [3.05, 3.63) is 23.8 Å². The molecule has 0 fully saturated rings. The second-order valence-corrected chi connectivity index (χ2v) is 4.58. The number of rotatable bonds is 8. The van der Waals surface area contributed by atoms with Gasteiger partial charge in [0.1, 0.15) is 5.75 Å². The Bertz CT molecular complexity index is 405. The number of aryl methyl sites for hydroxylation is 1. The fourth-order valence-corrected chi connectivity index (χ4v) is 1.72. The first-order valence-corrected chi connectivity index (χ1v) is 6.85. The van der Waals surface area contributed by atoms with Crippen LogP contribution in [0.4, 0.5) is 5.69 Å². The number of benzene rings is 1. The fourth-order valence-electron chi connectivity index (χ4n) is 1.72. The number of amides is 1. The van der Waals surface area contributed by atoms with Crippen LogP contribution in [-0.2, 0) is 4.79 Å². The Kier molecular flexibility index (Phi) is 6.97. The van der Waals surface area contributed by atoms with E-state index >= 15 is 0 Å². The predicted molar refractivity (Wildman–Crippen MR) is 78.8 cm³/mol. The number of carbonyl (C=O) groups is 1. The van der Waals surface area contributed by atoms with E-state index in [1.54, 1.807) is 0 Å². The van der Waals surface area contributed by atoms with Crippen LogP contribution in [0.1, 0.15) is 31.7 Å². The van der Waals surface area contributed by atoms with Crippen molar-refractivity contribution in [1.29, 1.82) is 0 Å². The smallest absolute Gasteiger partial charge is 0.224 e. The van der Waals surface area contributed by atoms with Crippen LogP contribution in [0.15, 0.2) is 18.2 Å². The first kappa shape index (κ1) is 15.5. The zero-order chi connectivity index (χ0) is 14.1. The van der Waals surface area contributed by atoms with Crippen LogP contribution in [0.5, 0.6) is 5.75 Å². The minimum Gasteiger partial charge on any atom is -0.494 e.